The summed E-state index contributed by atoms with van der Waals surface area (Å²) in [6.07, 6.45) is -0.00279. The number of sulfonamides is 1. The minimum absolute atomic E-state index is 0.00279. The number of ether oxygens (including phenoxy) is 1. The Balaban J connectivity index is 1.52. The number of fused-ring (bicyclic) bond motifs is 1. The molecule has 1 heterocycles. The molecule has 0 saturated heterocycles. The van der Waals surface area contributed by atoms with Crippen LogP contribution >= 0.6 is 11.6 Å². The fourth-order valence-corrected chi connectivity index (χ4v) is 5.63. The zero-order valence-electron chi connectivity index (χ0n) is 21.1. The highest BCUT2D eigenvalue weighted by Crippen LogP contribution is 2.26. The quantitative estimate of drug-likeness (QED) is 0.260. The van der Waals surface area contributed by atoms with E-state index < -0.39 is 10.0 Å². The lowest BCUT2D eigenvalue weighted by Gasteiger charge is -2.23. The molecule has 4 aromatic rings. The van der Waals surface area contributed by atoms with Crippen LogP contribution in [0, 0.1) is 6.92 Å². The lowest BCUT2D eigenvalue weighted by atomic mass is 10.1. The number of nitrogens with one attached hydrogen (secondary N) is 2. The Labute approximate surface area is 227 Å². The van der Waals surface area contributed by atoms with Gasteiger partial charge in [-0.3, -0.25) is 9.78 Å². The van der Waals surface area contributed by atoms with Gasteiger partial charge >= 0.3 is 0 Å². The van der Waals surface area contributed by atoms with Gasteiger partial charge in [0.1, 0.15) is 5.75 Å². The second-order valence-corrected chi connectivity index (χ2v) is 11.0. The van der Waals surface area contributed by atoms with Crippen molar-refractivity contribution in [3.8, 4) is 5.75 Å². The molecule has 0 bridgehead atoms. The molecule has 198 valence electrons. The number of carbonyl (C=O) groups is 1. The first kappa shape index (κ1) is 27.4. The summed E-state index contributed by atoms with van der Waals surface area (Å²) >= 11 is 6.20. The van der Waals surface area contributed by atoms with E-state index in [1.54, 1.807) is 30.3 Å². The third-order valence-electron chi connectivity index (χ3n) is 5.92. The maximum Gasteiger partial charge on any atom is 0.243 e. The van der Waals surface area contributed by atoms with Gasteiger partial charge in [0.2, 0.25) is 15.9 Å². The first-order valence-electron chi connectivity index (χ1n) is 12.1. The van der Waals surface area contributed by atoms with Gasteiger partial charge in [0.05, 0.1) is 17.5 Å². The molecule has 0 aliphatic heterocycles. The monoisotopic (exact) mass is 552 g/mol. The molecule has 8 nitrogen and oxygen atoms in total. The second-order valence-electron chi connectivity index (χ2n) is 8.64. The number of anilines is 2. The number of halogens is 1. The van der Waals surface area contributed by atoms with Gasteiger partial charge in [0.15, 0.2) is 0 Å². The number of hydrogen-bond donors (Lipinski definition) is 2. The Bertz CT molecular complexity index is 1510. The van der Waals surface area contributed by atoms with E-state index in [2.05, 4.69) is 15.6 Å². The number of benzene rings is 3. The van der Waals surface area contributed by atoms with E-state index in [4.69, 9.17) is 16.3 Å². The minimum Gasteiger partial charge on any atom is -0.497 e. The maximum absolute atomic E-state index is 13.6. The number of rotatable bonds is 11. The summed E-state index contributed by atoms with van der Waals surface area (Å²) in [5.41, 5.74) is 3.07. The summed E-state index contributed by atoms with van der Waals surface area (Å²) < 4.78 is 33.6. The highest BCUT2D eigenvalue weighted by molar-refractivity contribution is 7.89. The van der Waals surface area contributed by atoms with Crippen molar-refractivity contribution in [1.29, 1.82) is 0 Å². The SMILES string of the molecule is COc1ccc(S(=O)(=O)N(CCNc2cc(C)nc3ccc(Cl)cc23)CCC(=O)Nc2ccccc2)cc1. The third-order valence-corrected chi connectivity index (χ3v) is 8.07. The van der Waals surface area contributed by atoms with Crippen molar-refractivity contribution in [2.45, 2.75) is 18.2 Å². The Morgan fingerprint density at radius 1 is 1.00 bits per heavy atom. The lowest BCUT2D eigenvalue weighted by molar-refractivity contribution is -0.116. The van der Waals surface area contributed by atoms with Crippen LogP contribution in [0.3, 0.4) is 0 Å². The number of aryl methyl sites for hydroxylation is 1. The molecule has 0 unspecified atom stereocenters. The molecule has 10 heteroatoms. The van der Waals surface area contributed by atoms with Gasteiger partial charge in [-0.05, 0) is 67.6 Å². The van der Waals surface area contributed by atoms with Gasteiger partial charge in [-0.1, -0.05) is 29.8 Å². The van der Waals surface area contributed by atoms with Crippen molar-refractivity contribution < 1.29 is 17.9 Å². The van der Waals surface area contributed by atoms with E-state index in [1.165, 1.54) is 23.5 Å². The molecule has 0 aliphatic carbocycles. The number of nitrogens with zero attached hydrogens (tertiary/aromatic N) is 2. The van der Waals surface area contributed by atoms with Gasteiger partial charge in [-0.2, -0.15) is 4.31 Å². The number of carbonyl (C=O) groups excluding carboxylic acids is 1. The maximum atomic E-state index is 13.6. The molecule has 4 rings (SSSR count). The highest BCUT2D eigenvalue weighted by atomic mass is 35.5. The van der Waals surface area contributed by atoms with Crippen LogP contribution in [0.2, 0.25) is 5.02 Å². The van der Waals surface area contributed by atoms with Crippen LogP contribution in [-0.4, -0.2) is 50.4 Å². The lowest BCUT2D eigenvalue weighted by Crippen LogP contribution is -2.37. The van der Waals surface area contributed by atoms with Crippen molar-refractivity contribution in [1.82, 2.24) is 9.29 Å². The molecule has 38 heavy (non-hydrogen) atoms. The van der Waals surface area contributed by atoms with E-state index in [1.807, 2.05) is 43.3 Å². The smallest absolute Gasteiger partial charge is 0.243 e. The Kier molecular flexibility index (Phi) is 8.83. The first-order chi connectivity index (χ1) is 18.3. The first-order valence-corrected chi connectivity index (χ1v) is 13.9. The average molecular weight is 553 g/mol. The van der Waals surface area contributed by atoms with Crippen molar-refractivity contribution in [2.24, 2.45) is 0 Å². The number of methoxy groups -OCH3 is 1. The summed E-state index contributed by atoms with van der Waals surface area (Å²) in [6, 6.07) is 22.6. The summed E-state index contributed by atoms with van der Waals surface area (Å²) in [5.74, 6) is 0.280. The van der Waals surface area contributed by atoms with Crippen LogP contribution in [0.4, 0.5) is 11.4 Å². The molecule has 0 radical (unpaired) electrons. The molecule has 1 amide bonds. The standard InChI is InChI=1S/C28H29ClN4O4S/c1-20-18-27(25-19-21(29)8-13-26(25)31-20)30-15-17-33(16-14-28(34)32-22-6-4-3-5-7-22)38(35,36)24-11-9-23(37-2)10-12-24/h3-13,18-19H,14-17H2,1-2H3,(H,30,31)(H,32,34). The van der Waals surface area contributed by atoms with Crippen LogP contribution in [0.25, 0.3) is 10.9 Å². The van der Waals surface area contributed by atoms with Crippen molar-refractivity contribution in [2.75, 3.05) is 37.4 Å². The minimum atomic E-state index is -3.88. The Hall–Kier alpha value is -3.66. The molecule has 0 saturated carbocycles. The van der Waals surface area contributed by atoms with Crippen LogP contribution in [0.1, 0.15) is 12.1 Å². The van der Waals surface area contributed by atoms with Gasteiger partial charge in [0, 0.05) is 53.5 Å². The van der Waals surface area contributed by atoms with Crippen LogP contribution in [0.5, 0.6) is 5.75 Å². The second kappa shape index (κ2) is 12.3. The van der Waals surface area contributed by atoms with Crippen molar-refractivity contribution in [3.05, 3.63) is 89.6 Å². The van der Waals surface area contributed by atoms with E-state index in [9.17, 15) is 13.2 Å². The molecular weight excluding hydrogens is 524 g/mol. The topological polar surface area (TPSA) is 101 Å². The number of hydrogen-bond acceptors (Lipinski definition) is 6. The molecule has 0 aliphatic rings. The largest absolute Gasteiger partial charge is 0.497 e. The summed E-state index contributed by atoms with van der Waals surface area (Å²) in [4.78, 5) is 17.3. The summed E-state index contributed by atoms with van der Waals surface area (Å²) in [7, 11) is -2.36. The van der Waals surface area contributed by atoms with Gasteiger partial charge in [-0.15, -0.1) is 0 Å². The highest BCUT2D eigenvalue weighted by Gasteiger charge is 2.25. The van der Waals surface area contributed by atoms with Crippen LogP contribution in [-0.2, 0) is 14.8 Å². The number of para-hydroxylation sites is 1. The normalized spacial score (nSPS) is 11.5. The van der Waals surface area contributed by atoms with Crippen LogP contribution in [0.15, 0.2) is 83.8 Å². The number of amides is 1. The van der Waals surface area contributed by atoms with Crippen LogP contribution < -0.4 is 15.4 Å². The predicted octanol–water partition coefficient (Wildman–Crippen LogP) is 5.34. The van der Waals surface area contributed by atoms with Crippen molar-refractivity contribution in [3.63, 3.8) is 0 Å². The average Bonchev–Trinajstić information content (AvgIpc) is 2.91. The molecule has 0 spiro atoms. The molecule has 1 aromatic heterocycles. The van der Waals surface area contributed by atoms with E-state index in [0.29, 0.717) is 23.0 Å². The van der Waals surface area contributed by atoms with Gasteiger partial charge in [0.25, 0.3) is 0 Å². The number of pyridine rings is 1. The molecule has 2 N–H and O–H groups in total. The summed E-state index contributed by atoms with van der Waals surface area (Å²) in [6.45, 7) is 2.35. The zero-order chi connectivity index (χ0) is 27.1. The fourth-order valence-electron chi connectivity index (χ4n) is 4.01. The van der Waals surface area contributed by atoms with E-state index in [-0.39, 0.29) is 30.3 Å². The molecular formula is C28H29ClN4O4S. The Morgan fingerprint density at radius 3 is 2.45 bits per heavy atom. The van der Waals surface area contributed by atoms with E-state index in [0.717, 1.165) is 22.3 Å². The Morgan fingerprint density at radius 2 is 1.74 bits per heavy atom. The van der Waals surface area contributed by atoms with Gasteiger partial charge < -0.3 is 15.4 Å². The fraction of sp³-hybridized carbons (Fsp3) is 0.214. The molecule has 0 atom stereocenters. The van der Waals surface area contributed by atoms with Gasteiger partial charge in [-0.25, -0.2) is 8.42 Å². The zero-order valence-corrected chi connectivity index (χ0v) is 22.7. The predicted molar refractivity (Wildman–Crippen MR) is 151 cm³/mol. The molecule has 3 aromatic carbocycles. The van der Waals surface area contributed by atoms with Crippen molar-refractivity contribution >= 4 is 49.8 Å². The number of aromatic nitrogens is 1. The molecule has 0 fully saturated rings. The third kappa shape index (κ3) is 6.80. The summed E-state index contributed by atoms with van der Waals surface area (Å²) in [5, 5.41) is 7.56. The van der Waals surface area contributed by atoms with E-state index >= 15 is 0 Å².